The van der Waals surface area contributed by atoms with Crippen LogP contribution < -0.4 is 10.6 Å². The molecule has 1 fully saturated rings. The third-order valence-electron chi connectivity index (χ3n) is 4.80. The Morgan fingerprint density at radius 3 is 2.31 bits per heavy atom. The molecule has 1 aromatic carbocycles. The Kier molecular flexibility index (Phi) is 8.92. The summed E-state index contributed by atoms with van der Waals surface area (Å²) in [6.07, 6.45) is 1.16. The fourth-order valence-electron chi connectivity index (χ4n) is 3.01. The maximum Gasteiger partial charge on any atom is 0.191 e. The molecule has 2 N–H and O–H groups in total. The highest BCUT2D eigenvalue weighted by atomic mass is 15.2. The minimum absolute atomic E-state index is 0.707. The molecular weight excluding hydrogens is 322 g/mol. The predicted molar refractivity (Wildman–Crippen MR) is 111 cm³/mol. The normalized spacial score (nSPS) is 16.9. The van der Waals surface area contributed by atoms with Crippen LogP contribution in [-0.4, -0.2) is 62.1 Å². The van der Waals surface area contributed by atoms with Crippen LogP contribution in [0.2, 0.25) is 0 Å². The van der Waals surface area contributed by atoms with Gasteiger partial charge in [-0.3, -0.25) is 4.90 Å². The van der Waals surface area contributed by atoms with E-state index in [1.807, 2.05) is 0 Å². The largest absolute Gasteiger partial charge is 0.357 e. The van der Waals surface area contributed by atoms with Crippen LogP contribution in [0.25, 0.3) is 0 Å². The Hall–Kier alpha value is -1.59. The van der Waals surface area contributed by atoms with Crippen LogP contribution >= 0.6 is 0 Å². The van der Waals surface area contributed by atoms with E-state index in [0.29, 0.717) is 12.5 Å². The highest BCUT2D eigenvalue weighted by Crippen LogP contribution is 2.10. The number of hydrogen-bond acceptors (Lipinski definition) is 3. The van der Waals surface area contributed by atoms with Gasteiger partial charge in [-0.1, -0.05) is 38.1 Å². The molecule has 5 heteroatoms. The van der Waals surface area contributed by atoms with Crippen LogP contribution in [0.4, 0.5) is 0 Å². The summed E-state index contributed by atoms with van der Waals surface area (Å²) in [5.74, 6) is 1.62. The van der Waals surface area contributed by atoms with E-state index >= 15 is 0 Å². The Labute approximate surface area is 159 Å². The third-order valence-corrected chi connectivity index (χ3v) is 4.80. The van der Waals surface area contributed by atoms with Crippen molar-refractivity contribution in [2.75, 3.05) is 46.3 Å². The number of aliphatic imine (C=N–C) groups is 1. The Balaban J connectivity index is 1.82. The summed E-state index contributed by atoms with van der Waals surface area (Å²) in [5.41, 5.74) is 2.65. The van der Waals surface area contributed by atoms with Gasteiger partial charge < -0.3 is 15.5 Å². The van der Waals surface area contributed by atoms with Crippen molar-refractivity contribution in [3.8, 4) is 0 Å². The van der Waals surface area contributed by atoms with E-state index in [2.05, 4.69) is 72.5 Å². The lowest BCUT2D eigenvalue weighted by atomic mass is 10.1. The molecule has 5 nitrogen and oxygen atoms in total. The SMILES string of the molecule is CCNC(=NCc1ccc(CN2CCN(C)CC2)cc1)NCCC(C)C. The topological polar surface area (TPSA) is 42.9 Å². The van der Waals surface area contributed by atoms with Crippen LogP contribution in [-0.2, 0) is 13.1 Å². The van der Waals surface area contributed by atoms with E-state index in [1.54, 1.807) is 0 Å². The molecule has 26 heavy (non-hydrogen) atoms. The maximum absolute atomic E-state index is 4.71. The molecule has 0 aliphatic carbocycles. The molecule has 146 valence electrons. The van der Waals surface area contributed by atoms with Crippen molar-refractivity contribution in [3.63, 3.8) is 0 Å². The van der Waals surface area contributed by atoms with Crippen molar-refractivity contribution < 1.29 is 0 Å². The molecule has 0 spiro atoms. The van der Waals surface area contributed by atoms with Gasteiger partial charge in [0, 0.05) is 45.8 Å². The molecule has 1 saturated heterocycles. The average Bonchev–Trinajstić information content (AvgIpc) is 2.62. The van der Waals surface area contributed by atoms with E-state index < -0.39 is 0 Å². The van der Waals surface area contributed by atoms with E-state index in [0.717, 1.165) is 45.1 Å². The summed E-state index contributed by atoms with van der Waals surface area (Å²) in [4.78, 5) is 9.65. The molecule has 0 unspecified atom stereocenters. The van der Waals surface area contributed by atoms with Crippen molar-refractivity contribution in [1.29, 1.82) is 0 Å². The molecular formula is C21H37N5. The van der Waals surface area contributed by atoms with Crippen LogP contribution in [0.1, 0.15) is 38.3 Å². The Morgan fingerprint density at radius 1 is 1.04 bits per heavy atom. The first kappa shape index (κ1) is 20.7. The van der Waals surface area contributed by atoms with E-state index in [1.165, 1.54) is 24.2 Å². The molecule has 2 rings (SSSR count). The van der Waals surface area contributed by atoms with Crippen molar-refractivity contribution in [2.45, 2.75) is 40.3 Å². The fraction of sp³-hybridized carbons (Fsp3) is 0.667. The second-order valence-electron chi connectivity index (χ2n) is 7.70. The molecule has 0 bridgehead atoms. The van der Waals surface area contributed by atoms with Gasteiger partial charge in [0.2, 0.25) is 0 Å². The molecule has 0 radical (unpaired) electrons. The summed E-state index contributed by atoms with van der Waals surface area (Å²) < 4.78 is 0. The van der Waals surface area contributed by atoms with E-state index in [4.69, 9.17) is 4.99 Å². The second-order valence-corrected chi connectivity index (χ2v) is 7.70. The maximum atomic E-state index is 4.71. The van der Waals surface area contributed by atoms with Crippen molar-refractivity contribution in [1.82, 2.24) is 20.4 Å². The number of benzene rings is 1. The molecule has 1 aliphatic heterocycles. The van der Waals surface area contributed by atoms with Crippen LogP contribution in [0.15, 0.2) is 29.3 Å². The molecule has 0 saturated carbocycles. The lowest BCUT2D eigenvalue weighted by Crippen LogP contribution is -2.43. The highest BCUT2D eigenvalue weighted by molar-refractivity contribution is 5.79. The summed E-state index contributed by atoms with van der Waals surface area (Å²) in [6, 6.07) is 8.93. The zero-order chi connectivity index (χ0) is 18.8. The molecule has 0 aromatic heterocycles. The highest BCUT2D eigenvalue weighted by Gasteiger charge is 2.13. The summed E-state index contributed by atoms with van der Waals surface area (Å²) >= 11 is 0. The summed E-state index contributed by atoms with van der Waals surface area (Å²) in [7, 11) is 2.20. The number of guanidine groups is 1. The lowest BCUT2D eigenvalue weighted by Gasteiger charge is -2.32. The number of hydrogen-bond donors (Lipinski definition) is 2. The third kappa shape index (κ3) is 7.75. The monoisotopic (exact) mass is 359 g/mol. The minimum atomic E-state index is 0.707. The number of rotatable bonds is 8. The average molecular weight is 360 g/mol. The van der Waals surface area contributed by atoms with Crippen LogP contribution in [0.5, 0.6) is 0 Å². The van der Waals surface area contributed by atoms with Gasteiger partial charge in [-0.25, -0.2) is 4.99 Å². The number of nitrogens with zero attached hydrogens (tertiary/aromatic N) is 3. The molecule has 1 heterocycles. The number of piperazine rings is 1. The minimum Gasteiger partial charge on any atom is -0.357 e. The zero-order valence-corrected chi connectivity index (χ0v) is 17.1. The van der Waals surface area contributed by atoms with Crippen molar-refractivity contribution in [3.05, 3.63) is 35.4 Å². The molecule has 1 aliphatic rings. The summed E-state index contributed by atoms with van der Waals surface area (Å²) in [5, 5.41) is 6.74. The Morgan fingerprint density at radius 2 is 1.69 bits per heavy atom. The number of likely N-dealkylation sites (N-methyl/N-ethyl adjacent to an activating group) is 1. The zero-order valence-electron chi connectivity index (χ0n) is 17.1. The smallest absolute Gasteiger partial charge is 0.191 e. The van der Waals surface area contributed by atoms with Crippen LogP contribution in [0.3, 0.4) is 0 Å². The van der Waals surface area contributed by atoms with Gasteiger partial charge in [0.25, 0.3) is 0 Å². The van der Waals surface area contributed by atoms with Gasteiger partial charge in [0.05, 0.1) is 6.54 Å². The quantitative estimate of drug-likeness (QED) is 0.553. The fourth-order valence-corrected chi connectivity index (χ4v) is 3.01. The van der Waals surface area contributed by atoms with Gasteiger partial charge in [-0.05, 0) is 37.4 Å². The first-order valence-corrected chi connectivity index (χ1v) is 10.1. The van der Waals surface area contributed by atoms with E-state index in [9.17, 15) is 0 Å². The molecule has 0 amide bonds. The lowest BCUT2D eigenvalue weighted by molar-refractivity contribution is 0.148. The van der Waals surface area contributed by atoms with E-state index in [-0.39, 0.29) is 0 Å². The van der Waals surface area contributed by atoms with Gasteiger partial charge in [-0.15, -0.1) is 0 Å². The van der Waals surface area contributed by atoms with Crippen LogP contribution in [0, 0.1) is 5.92 Å². The molecule has 0 atom stereocenters. The Bertz CT molecular complexity index is 530. The first-order valence-electron chi connectivity index (χ1n) is 10.1. The van der Waals surface area contributed by atoms with Gasteiger partial charge in [0.15, 0.2) is 5.96 Å². The molecule has 1 aromatic rings. The van der Waals surface area contributed by atoms with Gasteiger partial charge in [-0.2, -0.15) is 0 Å². The summed E-state index contributed by atoms with van der Waals surface area (Å²) in [6.45, 7) is 14.9. The van der Waals surface area contributed by atoms with Gasteiger partial charge >= 0.3 is 0 Å². The van der Waals surface area contributed by atoms with Crippen molar-refractivity contribution >= 4 is 5.96 Å². The first-order chi connectivity index (χ1) is 12.6. The standard InChI is InChI=1S/C21H37N5/c1-5-22-21(23-11-10-18(2)3)24-16-19-6-8-20(9-7-19)17-26-14-12-25(4)13-15-26/h6-9,18H,5,10-17H2,1-4H3,(H2,22,23,24). The predicted octanol–water partition coefficient (Wildman–Crippen LogP) is 2.54. The number of nitrogens with one attached hydrogen (secondary N) is 2. The van der Waals surface area contributed by atoms with Gasteiger partial charge in [0.1, 0.15) is 0 Å². The second kappa shape index (κ2) is 11.2. The van der Waals surface area contributed by atoms with Crippen molar-refractivity contribution in [2.24, 2.45) is 10.9 Å².